The van der Waals surface area contributed by atoms with Crippen molar-refractivity contribution in [3.05, 3.63) is 85.2 Å². The van der Waals surface area contributed by atoms with E-state index < -0.39 is 5.97 Å². The van der Waals surface area contributed by atoms with Gasteiger partial charge in [-0.2, -0.15) is 0 Å². The molecule has 0 fully saturated rings. The number of hydrogen-bond donors (Lipinski definition) is 0. The minimum absolute atomic E-state index is 0.258. The molecule has 1 aromatic carbocycles. The van der Waals surface area contributed by atoms with E-state index in [9.17, 15) is 4.79 Å². The summed E-state index contributed by atoms with van der Waals surface area (Å²) < 4.78 is 5.12. The van der Waals surface area contributed by atoms with Crippen molar-refractivity contribution >= 4 is 5.97 Å². The van der Waals surface area contributed by atoms with Gasteiger partial charge in [0.2, 0.25) is 0 Å². The molecule has 0 saturated heterocycles. The third kappa shape index (κ3) is 3.61. The Bertz CT molecular complexity index is 467. The lowest BCUT2D eigenvalue weighted by atomic mass is 10.2. The van der Waals surface area contributed by atoms with Crippen LogP contribution < -0.4 is 0 Å². The minimum Gasteiger partial charge on any atom is -0.423 e. The summed E-state index contributed by atoms with van der Waals surface area (Å²) in [5.74, 6) is -0.179. The predicted molar refractivity (Wildman–Crippen MR) is 69.5 cm³/mol. The van der Waals surface area contributed by atoms with Crippen molar-refractivity contribution in [2.75, 3.05) is 0 Å². The molecule has 2 heteroatoms. The van der Waals surface area contributed by atoms with Gasteiger partial charge in [0.25, 0.3) is 0 Å². The predicted octanol–water partition coefficient (Wildman–Crippen LogP) is 3.66. The van der Waals surface area contributed by atoms with Crippen LogP contribution in [0.5, 0.6) is 0 Å². The molecule has 0 unspecified atom stereocenters. The maximum Gasteiger partial charge on any atom is 0.343 e. The Kier molecular flexibility index (Phi) is 4.70. The molecular weight excluding hydrogens is 212 g/mol. The number of ether oxygens (including phenoxy) is 1. The zero-order valence-electron chi connectivity index (χ0n) is 9.56. The summed E-state index contributed by atoms with van der Waals surface area (Å²) in [6, 6.07) is 8.74. The Morgan fingerprint density at radius 2 is 1.82 bits per heavy atom. The molecule has 0 aliphatic heterocycles. The molecule has 0 radical (unpaired) electrons. The normalized spacial score (nSPS) is 10.5. The fourth-order valence-corrected chi connectivity index (χ4v) is 1.21. The monoisotopic (exact) mass is 226 g/mol. The van der Waals surface area contributed by atoms with Gasteiger partial charge >= 0.3 is 5.97 Å². The summed E-state index contributed by atoms with van der Waals surface area (Å²) in [6.45, 7) is 10.9. The number of hydrogen-bond acceptors (Lipinski definition) is 2. The Hall–Kier alpha value is -2.35. The number of carbonyl (C=O) groups excluding carboxylic acids is 1. The van der Waals surface area contributed by atoms with Gasteiger partial charge in [-0.15, -0.1) is 0 Å². The van der Waals surface area contributed by atoms with E-state index in [1.165, 1.54) is 0 Å². The highest BCUT2D eigenvalue weighted by Gasteiger charge is 2.09. The molecule has 1 aromatic rings. The summed E-state index contributed by atoms with van der Waals surface area (Å²) >= 11 is 0. The van der Waals surface area contributed by atoms with Crippen molar-refractivity contribution in [2.24, 2.45) is 0 Å². The lowest BCUT2D eigenvalue weighted by Crippen LogP contribution is -2.05. The third-order valence-corrected chi connectivity index (χ3v) is 2.06. The highest BCUT2D eigenvalue weighted by atomic mass is 16.5. The first-order chi connectivity index (χ1) is 8.19. The molecule has 0 aliphatic rings. The van der Waals surface area contributed by atoms with Gasteiger partial charge in [0, 0.05) is 5.57 Å². The van der Waals surface area contributed by atoms with Gasteiger partial charge in [-0.1, -0.05) is 56.2 Å². The lowest BCUT2D eigenvalue weighted by Gasteiger charge is -2.07. The Morgan fingerprint density at radius 1 is 1.18 bits per heavy atom. The smallest absolute Gasteiger partial charge is 0.343 e. The molecule has 0 saturated carbocycles. The van der Waals surface area contributed by atoms with E-state index in [1.807, 2.05) is 6.07 Å². The minimum atomic E-state index is -0.438. The molecular formula is C15H14O2. The van der Waals surface area contributed by atoms with Crippen LogP contribution in [0.1, 0.15) is 10.4 Å². The molecule has 17 heavy (non-hydrogen) atoms. The summed E-state index contributed by atoms with van der Waals surface area (Å²) in [6.07, 6.45) is 4.81. The van der Waals surface area contributed by atoms with Crippen molar-refractivity contribution in [3.8, 4) is 0 Å². The number of allylic oxidation sites excluding steroid dienone is 3. The van der Waals surface area contributed by atoms with E-state index in [1.54, 1.807) is 42.5 Å². The molecule has 0 amide bonds. The topological polar surface area (TPSA) is 26.3 Å². The number of carbonyl (C=O) groups is 1. The maximum atomic E-state index is 11.7. The SMILES string of the molecule is C=C/C=C(\C=C)C(=C)OC(=O)c1ccccc1. The summed E-state index contributed by atoms with van der Waals surface area (Å²) in [5, 5.41) is 0. The van der Waals surface area contributed by atoms with Crippen LogP contribution in [0.25, 0.3) is 0 Å². The second-order valence-corrected chi connectivity index (χ2v) is 3.24. The third-order valence-electron chi connectivity index (χ3n) is 2.06. The summed E-state index contributed by atoms with van der Waals surface area (Å²) in [4.78, 5) is 11.7. The fourth-order valence-electron chi connectivity index (χ4n) is 1.21. The average Bonchev–Trinajstić information content (AvgIpc) is 2.36. The van der Waals surface area contributed by atoms with Crippen LogP contribution in [0.15, 0.2) is 79.6 Å². The van der Waals surface area contributed by atoms with Gasteiger partial charge in [-0.3, -0.25) is 0 Å². The number of rotatable bonds is 5. The molecule has 2 nitrogen and oxygen atoms in total. The molecule has 0 spiro atoms. The molecule has 0 bridgehead atoms. The van der Waals surface area contributed by atoms with Gasteiger partial charge in [0.15, 0.2) is 0 Å². The van der Waals surface area contributed by atoms with Crippen LogP contribution in [0.2, 0.25) is 0 Å². The zero-order chi connectivity index (χ0) is 12.7. The average molecular weight is 226 g/mol. The van der Waals surface area contributed by atoms with Gasteiger partial charge in [-0.25, -0.2) is 4.79 Å². The molecule has 0 heterocycles. The van der Waals surface area contributed by atoms with Crippen LogP contribution in [-0.4, -0.2) is 5.97 Å². The second kappa shape index (κ2) is 6.28. The van der Waals surface area contributed by atoms with Crippen molar-refractivity contribution in [1.29, 1.82) is 0 Å². The second-order valence-electron chi connectivity index (χ2n) is 3.24. The van der Waals surface area contributed by atoms with Gasteiger partial charge in [0.05, 0.1) is 5.56 Å². The Labute approximate surface area is 101 Å². The lowest BCUT2D eigenvalue weighted by molar-refractivity contribution is 0.0635. The summed E-state index contributed by atoms with van der Waals surface area (Å²) in [7, 11) is 0. The first-order valence-corrected chi connectivity index (χ1v) is 5.10. The largest absolute Gasteiger partial charge is 0.423 e. The van der Waals surface area contributed by atoms with Gasteiger partial charge in [-0.05, 0) is 12.1 Å². The van der Waals surface area contributed by atoms with Crippen molar-refractivity contribution < 1.29 is 9.53 Å². The quantitative estimate of drug-likeness (QED) is 0.435. The maximum absolute atomic E-state index is 11.7. The standard InChI is InChI=1S/C15H14O2/c1-4-9-13(5-2)12(3)17-15(16)14-10-7-6-8-11-14/h4-11H,1-3H2/b13-9+. The molecule has 1 rings (SSSR count). The molecule has 0 aliphatic carbocycles. The fraction of sp³-hybridized carbons (Fsp3) is 0. The molecule has 0 aromatic heterocycles. The Morgan fingerprint density at radius 3 is 2.35 bits per heavy atom. The van der Waals surface area contributed by atoms with Crippen LogP contribution in [0.4, 0.5) is 0 Å². The van der Waals surface area contributed by atoms with Crippen LogP contribution in [0, 0.1) is 0 Å². The van der Waals surface area contributed by atoms with Crippen molar-refractivity contribution in [2.45, 2.75) is 0 Å². The first kappa shape index (κ1) is 12.7. The number of esters is 1. The molecule has 0 atom stereocenters. The summed E-state index contributed by atoms with van der Waals surface area (Å²) in [5.41, 5.74) is 1.11. The van der Waals surface area contributed by atoms with E-state index >= 15 is 0 Å². The van der Waals surface area contributed by atoms with Crippen molar-refractivity contribution in [1.82, 2.24) is 0 Å². The number of benzene rings is 1. The van der Waals surface area contributed by atoms with E-state index in [4.69, 9.17) is 4.74 Å². The Balaban J connectivity index is 2.76. The van der Waals surface area contributed by atoms with Crippen LogP contribution in [0.3, 0.4) is 0 Å². The zero-order valence-corrected chi connectivity index (χ0v) is 9.56. The van der Waals surface area contributed by atoms with E-state index in [-0.39, 0.29) is 5.76 Å². The van der Waals surface area contributed by atoms with E-state index in [0.717, 1.165) is 0 Å². The molecule has 0 N–H and O–H groups in total. The highest BCUT2D eigenvalue weighted by Crippen LogP contribution is 2.13. The van der Waals surface area contributed by atoms with Crippen LogP contribution >= 0.6 is 0 Å². The van der Waals surface area contributed by atoms with E-state index in [2.05, 4.69) is 19.7 Å². The van der Waals surface area contributed by atoms with E-state index in [0.29, 0.717) is 11.1 Å². The van der Waals surface area contributed by atoms with Crippen molar-refractivity contribution in [3.63, 3.8) is 0 Å². The van der Waals surface area contributed by atoms with Gasteiger partial charge < -0.3 is 4.74 Å². The highest BCUT2D eigenvalue weighted by molar-refractivity contribution is 5.90. The van der Waals surface area contributed by atoms with Gasteiger partial charge in [0.1, 0.15) is 5.76 Å². The first-order valence-electron chi connectivity index (χ1n) is 5.10. The van der Waals surface area contributed by atoms with Crippen LogP contribution in [-0.2, 0) is 4.74 Å². The molecule has 86 valence electrons.